The van der Waals surface area contributed by atoms with E-state index in [9.17, 15) is 4.79 Å². The Kier molecular flexibility index (Phi) is 5.17. The van der Waals surface area contributed by atoms with Gasteiger partial charge in [0.2, 0.25) is 0 Å². The second-order valence-electron chi connectivity index (χ2n) is 6.38. The summed E-state index contributed by atoms with van der Waals surface area (Å²) in [6, 6.07) is 10.7. The zero-order valence-electron chi connectivity index (χ0n) is 14.5. The molecular formula is C20H23NO2S. The molecule has 4 heteroatoms. The Morgan fingerprint density at radius 3 is 2.75 bits per heavy atom. The van der Waals surface area contributed by atoms with E-state index in [0.29, 0.717) is 5.06 Å². The van der Waals surface area contributed by atoms with E-state index in [1.807, 2.05) is 6.07 Å². The minimum absolute atomic E-state index is 0.259. The van der Waals surface area contributed by atoms with Crippen molar-refractivity contribution in [3.63, 3.8) is 0 Å². The molecular weight excluding hydrogens is 318 g/mol. The molecule has 0 radical (unpaired) electrons. The number of fused-ring (bicyclic) bond motifs is 2. The fourth-order valence-electron chi connectivity index (χ4n) is 3.07. The molecule has 1 aliphatic carbocycles. The molecule has 1 aromatic heterocycles. The molecule has 0 bridgehead atoms. The summed E-state index contributed by atoms with van der Waals surface area (Å²) in [5.41, 5.74) is 5.27. The number of nitrogens with zero attached hydrogens (tertiary/aromatic N) is 1. The van der Waals surface area contributed by atoms with Crippen molar-refractivity contribution >= 4 is 22.9 Å². The summed E-state index contributed by atoms with van der Waals surface area (Å²) < 4.78 is 5.33. The first-order valence-electron chi connectivity index (χ1n) is 8.29. The molecule has 0 N–H and O–H groups in total. The first-order valence-corrected chi connectivity index (χ1v) is 9.11. The second kappa shape index (κ2) is 7.32. The van der Waals surface area contributed by atoms with Crippen LogP contribution in [0.4, 0.5) is 0 Å². The standard InChI is InChI=1S/C20H23NO2S/c1-14(22)23-19-13-16-11-10-15-7-4-5-8-17(15)18(20(16)24-19)9-6-12-21(2)3/h4-5,7-9,13H,6,10-12H2,1-3H3/b18-9+. The van der Waals surface area contributed by atoms with Gasteiger partial charge in [-0.05, 0) is 61.7 Å². The van der Waals surface area contributed by atoms with Gasteiger partial charge in [-0.2, -0.15) is 0 Å². The SMILES string of the molecule is CC(=O)Oc1cc2c(s1)/C(=C/CCN(C)C)c1ccccc1CC2. The Hall–Kier alpha value is -1.91. The Morgan fingerprint density at radius 2 is 2.00 bits per heavy atom. The maximum absolute atomic E-state index is 11.3. The topological polar surface area (TPSA) is 29.5 Å². The molecule has 24 heavy (non-hydrogen) atoms. The van der Waals surface area contributed by atoms with Crippen LogP contribution in [0.3, 0.4) is 0 Å². The van der Waals surface area contributed by atoms with Gasteiger partial charge in [-0.25, -0.2) is 0 Å². The van der Waals surface area contributed by atoms with Gasteiger partial charge < -0.3 is 9.64 Å². The summed E-state index contributed by atoms with van der Waals surface area (Å²) in [7, 11) is 4.18. The molecule has 0 spiro atoms. The van der Waals surface area contributed by atoms with Gasteiger partial charge in [0.1, 0.15) is 0 Å². The molecule has 3 nitrogen and oxygen atoms in total. The van der Waals surface area contributed by atoms with Crippen LogP contribution in [-0.4, -0.2) is 31.5 Å². The molecule has 0 saturated carbocycles. The van der Waals surface area contributed by atoms with Gasteiger partial charge in [-0.3, -0.25) is 4.79 Å². The lowest BCUT2D eigenvalue weighted by atomic mass is 9.98. The normalized spacial score (nSPS) is 15.1. The number of carbonyl (C=O) groups excluding carboxylic acids is 1. The first-order chi connectivity index (χ1) is 11.5. The van der Waals surface area contributed by atoms with Gasteiger partial charge in [0.15, 0.2) is 5.06 Å². The first kappa shape index (κ1) is 16.9. The zero-order valence-corrected chi connectivity index (χ0v) is 15.3. The molecule has 0 atom stereocenters. The molecule has 0 unspecified atom stereocenters. The van der Waals surface area contributed by atoms with Crippen LogP contribution >= 0.6 is 11.3 Å². The quantitative estimate of drug-likeness (QED) is 0.782. The van der Waals surface area contributed by atoms with Gasteiger partial charge in [0.05, 0.1) is 0 Å². The third kappa shape index (κ3) is 3.77. The summed E-state index contributed by atoms with van der Waals surface area (Å²) in [5, 5.41) is 0.699. The summed E-state index contributed by atoms with van der Waals surface area (Å²) in [6.45, 7) is 2.47. The second-order valence-corrected chi connectivity index (χ2v) is 7.40. The average Bonchev–Trinajstić information content (AvgIpc) is 2.85. The fraction of sp³-hybridized carbons (Fsp3) is 0.350. The fourth-order valence-corrected chi connectivity index (χ4v) is 4.23. The lowest BCUT2D eigenvalue weighted by molar-refractivity contribution is -0.131. The molecule has 3 rings (SSSR count). The number of esters is 1. The highest BCUT2D eigenvalue weighted by Gasteiger charge is 2.21. The summed E-state index contributed by atoms with van der Waals surface area (Å²) in [5.74, 6) is -0.259. The number of ether oxygens (including phenoxy) is 1. The summed E-state index contributed by atoms with van der Waals surface area (Å²) in [4.78, 5) is 14.7. The van der Waals surface area contributed by atoms with Gasteiger partial charge in [-0.15, -0.1) is 0 Å². The number of benzene rings is 1. The highest BCUT2D eigenvalue weighted by Crippen LogP contribution is 2.41. The number of thiophene rings is 1. The molecule has 0 fully saturated rings. The Bertz CT molecular complexity index is 774. The van der Waals surface area contributed by atoms with Crippen LogP contribution < -0.4 is 4.74 Å². The molecule has 126 valence electrons. The van der Waals surface area contributed by atoms with Crippen LogP contribution in [0.25, 0.3) is 5.57 Å². The lowest BCUT2D eigenvalue weighted by Crippen LogP contribution is -2.12. The average molecular weight is 341 g/mol. The monoisotopic (exact) mass is 341 g/mol. The van der Waals surface area contributed by atoms with E-state index < -0.39 is 0 Å². The van der Waals surface area contributed by atoms with E-state index in [1.165, 1.54) is 34.1 Å². The van der Waals surface area contributed by atoms with Crippen molar-refractivity contribution in [2.45, 2.75) is 26.2 Å². The van der Waals surface area contributed by atoms with Gasteiger partial charge >= 0.3 is 5.97 Å². The molecule has 1 heterocycles. The van der Waals surface area contributed by atoms with E-state index in [-0.39, 0.29) is 5.97 Å². The van der Waals surface area contributed by atoms with Gasteiger partial charge in [0, 0.05) is 18.3 Å². The third-order valence-corrected chi connectivity index (χ3v) is 5.26. The van der Waals surface area contributed by atoms with Crippen molar-refractivity contribution in [3.05, 3.63) is 58.0 Å². The summed E-state index contributed by atoms with van der Waals surface area (Å²) >= 11 is 1.58. The van der Waals surface area contributed by atoms with E-state index >= 15 is 0 Å². The van der Waals surface area contributed by atoms with Crippen LogP contribution in [0, 0.1) is 0 Å². The van der Waals surface area contributed by atoms with Crippen molar-refractivity contribution < 1.29 is 9.53 Å². The number of rotatable bonds is 4. The molecule has 0 saturated heterocycles. The highest BCUT2D eigenvalue weighted by molar-refractivity contribution is 7.15. The minimum Gasteiger partial charge on any atom is -0.416 e. The molecule has 0 aliphatic heterocycles. The van der Waals surface area contributed by atoms with Crippen LogP contribution in [0.5, 0.6) is 5.06 Å². The van der Waals surface area contributed by atoms with E-state index in [4.69, 9.17) is 4.74 Å². The van der Waals surface area contributed by atoms with Crippen LogP contribution in [0.2, 0.25) is 0 Å². The van der Waals surface area contributed by atoms with Crippen molar-refractivity contribution in [3.8, 4) is 5.06 Å². The van der Waals surface area contributed by atoms with Gasteiger partial charge in [0.25, 0.3) is 0 Å². The number of hydrogen-bond acceptors (Lipinski definition) is 4. The maximum atomic E-state index is 11.3. The molecule has 1 aliphatic rings. The van der Waals surface area contributed by atoms with E-state index in [1.54, 1.807) is 11.3 Å². The van der Waals surface area contributed by atoms with Gasteiger partial charge in [-0.1, -0.05) is 41.7 Å². The molecule has 2 aromatic rings. The number of hydrogen-bond donors (Lipinski definition) is 0. The zero-order chi connectivity index (χ0) is 17.1. The molecule has 0 amide bonds. The highest BCUT2D eigenvalue weighted by atomic mass is 32.1. The predicted molar refractivity (Wildman–Crippen MR) is 99.7 cm³/mol. The number of carbonyl (C=O) groups is 1. The Morgan fingerprint density at radius 1 is 1.25 bits per heavy atom. The van der Waals surface area contributed by atoms with Crippen molar-refractivity contribution in [1.82, 2.24) is 4.90 Å². The van der Waals surface area contributed by atoms with E-state index in [0.717, 1.165) is 25.8 Å². The lowest BCUT2D eigenvalue weighted by Gasteiger charge is -2.11. The van der Waals surface area contributed by atoms with E-state index in [2.05, 4.69) is 49.3 Å². The van der Waals surface area contributed by atoms with Crippen LogP contribution in [0.15, 0.2) is 36.4 Å². The van der Waals surface area contributed by atoms with Crippen LogP contribution in [-0.2, 0) is 17.6 Å². The Labute approximate surface area is 147 Å². The van der Waals surface area contributed by atoms with Crippen molar-refractivity contribution in [1.29, 1.82) is 0 Å². The third-order valence-electron chi connectivity index (χ3n) is 4.17. The Balaban J connectivity index is 2.03. The largest absolute Gasteiger partial charge is 0.416 e. The smallest absolute Gasteiger partial charge is 0.308 e. The predicted octanol–water partition coefficient (Wildman–Crippen LogP) is 4.16. The van der Waals surface area contributed by atoms with Crippen molar-refractivity contribution in [2.24, 2.45) is 0 Å². The molecule has 1 aromatic carbocycles. The summed E-state index contributed by atoms with van der Waals surface area (Å²) in [6.07, 6.45) is 5.33. The number of aryl methyl sites for hydroxylation is 2. The van der Waals surface area contributed by atoms with Crippen molar-refractivity contribution in [2.75, 3.05) is 20.6 Å². The minimum atomic E-state index is -0.259. The van der Waals surface area contributed by atoms with Crippen LogP contribution in [0.1, 0.15) is 34.9 Å². The maximum Gasteiger partial charge on any atom is 0.308 e.